The summed E-state index contributed by atoms with van der Waals surface area (Å²) in [6.45, 7) is 6.81. The van der Waals surface area contributed by atoms with Crippen LogP contribution in [0.3, 0.4) is 0 Å². The summed E-state index contributed by atoms with van der Waals surface area (Å²) in [6.07, 6.45) is 0.752. The van der Waals surface area contributed by atoms with Crippen molar-refractivity contribution >= 4 is 28.8 Å². The van der Waals surface area contributed by atoms with E-state index in [-0.39, 0.29) is 11.3 Å². The Morgan fingerprint density at radius 2 is 2.19 bits per heavy atom. The van der Waals surface area contributed by atoms with E-state index in [1.807, 2.05) is 13.0 Å². The van der Waals surface area contributed by atoms with Gasteiger partial charge < -0.3 is 5.32 Å². The largest absolute Gasteiger partial charge is 0.351 e. The van der Waals surface area contributed by atoms with Gasteiger partial charge in [0.15, 0.2) is 0 Å². The summed E-state index contributed by atoms with van der Waals surface area (Å²) in [5, 5.41) is 5.40. The van der Waals surface area contributed by atoms with Gasteiger partial charge in [0.25, 0.3) is 5.91 Å². The standard InChI is InChI=1S/C16H19ClN2OS/c1-4-12-8-11(9-14(17)19-12)15(20)18-10-16(2,3)13-6-5-7-21-13/h5-9H,4,10H2,1-3H3,(H,18,20). The second-order valence-electron chi connectivity index (χ2n) is 5.57. The molecular formula is C16H19ClN2OS. The molecule has 0 bridgehead atoms. The summed E-state index contributed by atoms with van der Waals surface area (Å²) in [5.74, 6) is -0.112. The maximum absolute atomic E-state index is 12.3. The predicted octanol–water partition coefficient (Wildman–Crippen LogP) is 4.07. The Balaban J connectivity index is 2.07. The van der Waals surface area contributed by atoms with Gasteiger partial charge in [0.05, 0.1) is 0 Å². The van der Waals surface area contributed by atoms with E-state index in [4.69, 9.17) is 11.6 Å². The maximum Gasteiger partial charge on any atom is 0.251 e. The molecule has 1 N–H and O–H groups in total. The average molecular weight is 323 g/mol. The molecule has 1 amide bonds. The molecule has 0 fully saturated rings. The van der Waals surface area contributed by atoms with Gasteiger partial charge in [-0.15, -0.1) is 11.3 Å². The molecule has 0 aliphatic heterocycles. The number of thiophene rings is 1. The van der Waals surface area contributed by atoms with Gasteiger partial charge in [-0.2, -0.15) is 0 Å². The van der Waals surface area contributed by atoms with E-state index in [9.17, 15) is 4.79 Å². The molecule has 2 aromatic rings. The van der Waals surface area contributed by atoms with Crippen LogP contribution < -0.4 is 5.32 Å². The number of aromatic nitrogens is 1. The molecule has 0 unspecified atom stereocenters. The molecule has 0 saturated heterocycles. The van der Waals surface area contributed by atoms with Gasteiger partial charge in [0.1, 0.15) is 5.15 Å². The van der Waals surface area contributed by atoms with Gasteiger partial charge in [-0.25, -0.2) is 4.98 Å². The van der Waals surface area contributed by atoms with Crippen LogP contribution in [0.5, 0.6) is 0 Å². The number of hydrogen-bond donors (Lipinski definition) is 1. The van der Waals surface area contributed by atoms with Gasteiger partial charge >= 0.3 is 0 Å². The van der Waals surface area contributed by atoms with E-state index < -0.39 is 0 Å². The van der Waals surface area contributed by atoms with Crippen molar-refractivity contribution in [2.75, 3.05) is 6.54 Å². The normalized spacial score (nSPS) is 11.4. The molecule has 0 aromatic carbocycles. The molecule has 0 aliphatic carbocycles. The molecule has 2 heterocycles. The zero-order valence-electron chi connectivity index (χ0n) is 12.4. The van der Waals surface area contributed by atoms with Crippen molar-refractivity contribution < 1.29 is 4.79 Å². The minimum absolute atomic E-state index is 0.0890. The molecule has 2 aromatic heterocycles. The number of nitrogens with zero attached hydrogens (tertiary/aromatic N) is 1. The SMILES string of the molecule is CCc1cc(C(=O)NCC(C)(C)c2cccs2)cc(Cl)n1. The minimum atomic E-state index is -0.112. The van der Waals surface area contributed by atoms with E-state index in [0.29, 0.717) is 17.3 Å². The van der Waals surface area contributed by atoms with Crippen molar-refractivity contribution in [1.82, 2.24) is 10.3 Å². The number of aryl methyl sites for hydroxylation is 1. The summed E-state index contributed by atoms with van der Waals surface area (Å²) < 4.78 is 0. The van der Waals surface area contributed by atoms with Crippen LogP contribution in [-0.4, -0.2) is 17.4 Å². The third-order valence-corrected chi connectivity index (χ3v) is 4.78. The summed E-state index contributed by atoms with van der Waals surface area (Å²) in [6, 6.07) is 7.52. The van der Waals surface area contributed by atoms with Crippen molar-refractivity contribution in [3.05, 3.63) is 50.9 Å². The number of amides is 1. The van der Waals surface area contributed by atoms with Gasteiger partial charge in [0, 0.05) is 28.1 Å². The zero-order valence-corrected chi connectivity index (χ0v) is 14.0. The number of halogens is 1. The second-order valence-corrected chi connectivity index (χ2v) is 6.90. The van der Waals surface area contributed by atoms with Gasteiger partial charge in [-0.3, -0.25) is 4.79 Å². The van der Waals surface area contributed by atoms with Crippen LogP contribution in [0.2, 0.25) is 5.15 Å². The Kier molecular flexibility index (Phi) is 5.01. The Labute approximate surface area is 134 Å². The Hall–Kier alpha value is -1.39. The van der Waals surface area contributed by atoms with E-state index in [2.05, 4.69) is 35.6 Å². The molecule has 3 nitrogen and oxygen atoms in total. The first kappa shape index (κ1) is 16.0. The number of hydrogen-bond acceptors (Lipinski definition) is 3. The first-order valence-electron chi connectivity index (χ1n) is 6.91. The summed E-state index contributed by atoms with van der Waals surface area (Å²) >= 11 is 7.66. The maximum atomic E-state index is 12.3. The topological polar surface area (TPSA) is 42.0 Å². The first-order valence-corrected chi connectivity index (χ1v) is 8.17. The summed E-state index contributed by atoms with van der Waals surface area (Å²) in [4.78, 5) is 17.7. The summed E-state index contributed by atoms with van der Waals surface area (Å²) in [5.41, 5.74) is 1.30. The molecule has 0 spiro atoms. The minimum Gasteiger partial charge on any atom is -0.351 e. The highest BCUT2D eigenvalue weighted by Gasteiger charge is 2.22. The highest BCUT2D eigenvalue weighted by atomic mass is 35.5. The first-order chi connectivity index (χ1) is 9.92. The average Bonchev–Trinajstić information content (AvgIpc) is 2.99. The molecule has 0 aliphatic rings. The number of carbonyl (C=O) groups is 1. The lowest BCUT2D eigenvalue weighted by Crippen LogP contribution is -2.36. The molecule has 21 heavy (non-hydrogen) atoms. The monoisotopic (exact) mass is 322 g/mol. The second kappa shape index (κ2) is 6.58. The van der Waals surface area contributed by atoms with Gasteiger partial charge in [0.2, 0.25) is 0 Å². The van der Waals surface area contributed by atoms with Crippen molar-refractivity contribution in [3.8, 4) is 0 Å². The fourth-order valence-corrected chi connectivity index (χ4v) is 3.10. The number of carbonyl (C=O) groups excluding carboxylic acids is 1. The Morgan fingerprint density at radius 1 is 1.43 bits per heavy atom. The Bertz CT molecular complexity index is 623. The third-order valence-electron chi connectivity index (χ3n) is 3.35. The van der Waals surface area contributed by atoms with Crippen LogP contribution >= 0.6 is 22.9 Å². The predicted molar refractivity (Wildman–Crippen MR) is 88.3 cm³/mol. The quantitative estimate of drug-likeness (QED) is 0.843. The van der Waals surface area contributed by atoms with E-state index in [1.54, 1.807) is 23.5 Å². The van der Waals surface area contributed by atoms with E-state index in [1.165, 1.54) is 4.88 Å². The van der Waals surface area contributed by atoms with Crippen LogP contribution in [0.25, 0.3) is 0 Å². The smallest absolute Gasteiger partial charge is 0.251 e. The Morgan fingerprint density at radius 3 is 2.81 bits per heavy atom. The third kappa shape index (κ3) is 4.05. The van der Waals surface area contributed by atoms with Crippen LogP contribution in [0.1, 0.15) is 41.7 Å². The van der Waals surface area contributed by atoms with Crippen molar-refractivity contribution in [2.45, 2.75) is 32.6 Å². The highest BCUT2D eigenvalue weighted by molar-refractivity contribution is 7.10. The van der Waals surface area contributed by atoms with E-state index in [0.717, 1.165) is 12.1 Å². The fraction of sp³-hybridized carbons (Fsp3) is 0.375. The summed E-state index contributed by atoms with van der Waals surface area (Å²) in [7, 11) is 0. The number of pyridine rings is 1. The molecule has 0 radical (unpaired) electrons. The van der Waals surface area contributed by atoms with Crippen LogP contribution in [0, 0.1) is 0 Å². The van der Waals surface area contributed by atoms with Crippen molar-refractivity contribution in [3.63, 3.8) is 0 Å². The molecule has 0 atom stereocenters. The van der Waals surface area contributed by atoms with Crippen LogP contribution in [-0.2, 0) is 11.8 Å². The molecular weight excluding hydrogens is 304 g/mol. The lowest BCUT2D eigenvalue weighted by molar-refractivity contribution is 0.0945. The van der Waals surface area contributed by atoms with Crippen LogP contribution in [0.15, 0.2) is 29.6 Å². The molecule has 112 valence electrons. The number of rotatable bonds is 5. The molecule has 0 saturated carbocycles. The molecule has 2 rings (SSSR count). The van der Waals surface area contributed by atoms with Gasteiger partial charge in [-0.1, -0.05) is 38.4 Å². The van der Waals surface area contributed by atoms with Crippen molar-refractivity contribution in [1.29, 1.82) is 0 Å². The van der Waals surface area contributed by atoms with Crippen molar-refractivity contribution in [2.24, 2.45) is 0 Å². The lowest BCUT2D eigenvalue weighted by atomic mass is 9.91. The highest BCUT2D eigenvalue weighted by Crippen LogP contribution is 2.26. The number of nitrogens with one attached hydrogen (secondary N) is 1. The molecule has 5 heteroatoms. The van der Waals surface area contributed by atoms with Crippen LogP contribution in [0.4, 0.5) is 0 Å². The van der Waals surface area contributed by atoms with E-state index >= 15 is 0 Å². The lowest BCUT2D eigenvalue weighted by Gasteiger charge is -2.23. The zero-order chi connectivity index (χ0) is 15.5. The van der Waals surface area contributed by atoms with Gasteiger partial charge in [-0.05, 0) is 30.0 Å². The fourth-order valence-electron chi connectivity index (χ4n) is 2.02.